The van der Waals surface area contributed by atoms with Crippen LogP contribution >= 0.6 is 0 Å². The lowest BCUT2D eigenvalue weighted by molar-refractivity contribution is -0.172. The molecule has 0 amide bonds. The Balaban J connectivity index is 1.54. The summed E-state index contributed by atoms with van der Waals surface area (Å²) in [5.74, 6) is 2.88. The molecule has 1 atom stereocenters. The van der Waals surface area contributed by atoms with Crippen LogP contribution in [0.15, 0.2) is 12.3 Å². The number of hydrogen-bond donors (Lipinski definition) is 1. The van der Waals surface area contributed by atoms with E-state index in [0.29, 0.717) is 17.9 Å². The molecular formula is C18H28N2O. The van der Waals surface area contributed by atoms with Crippen LogP contribution in [0.3, 0.4) is 0 Å². The molecule has 4 aliphatic carbocycles. The molecule has 1 aromatic heterocycles. The minimum atomic E-state index is -0.470. The van der Waals surface area contributed by atoms with Crippen molar-refractivity contribution in [1.82, 2.24) is 9.78 Å². The average molecular weight is 288 g/mol. The van der Waals surface area contributed by atoms with E-state index in [1.165, 1.54) is 32.1 Å². The van der Waals surface area contributed by atoms with Crippen LogP contribution in [-0.2, 0) is 6.42 Å². The van der Waals surface area contributed by atoms with Gasteiger partial charge in [0.25, 0.3) is 0 Å². The quantitative estimate of drug-likeness (QED) is 0.919. The van der Waals surface area contributed by atoms with Crippen LogP contribution < -0.4 is 0 Å². The topological polar surface area (TPSA) is 38.0 Å². The van der Waals surface area contributed by atoms with E-state index in [2.05, 4.69) is 30.8 Å². The molecule has 4 aliphatic rings. The SMILES string of the molecule is CCC(C)n1ccc(CC2(O)C3CC4CC(C3)CC2C4)n1. The van der Waals surface area contributed by atoms with Crippen LogP contribution in [0.1, 0.15) is 64.1 Å². The van der Waals surface area contributed by atoms with Gasteiger partial charge in [0.15, 0.2) is 0 Å². The first-order valence-corrected chi connectivity index (χ1v) is 8.85. The van der Waals surface area contributed by atoms with Crippen LogP contribution in [0.4, 0.5) is 0 Å². The van der Waals surface area contributed by atoms with Crippen molar-refractivity contribution < 1.29 is 5.11 Å². The molecule has 3 nitrogen and oxygen atoms in total. The molecule has 1 N–H and O–H groups in total. The Bertz CT molecular complexity index is 493. The van der Waals surface area contributed by atoms with E-state index in [9.17, 15) is 5.11 Å². The molecule has 116 valence electrons. The summed E-state index contributed by atoms with van der Waals surface area (Å²) in [7, 11) is 0. The van der Waals surface area contributed by atoms with Gasteiger partial charge in [-0.05, 0) is 75.2 Å². The Kier molecular flexibility index (Phi) is 3.18. The lowest BCUT2D eigenvalue weighted by Gasteiger charge is -2.59. The Labute approximate surface area is 127 Å². The lowest BCUT2D eigenvalue weighted by Crippen LogP contribution is -2.58. The smallest absolute Gasteiger partial charge is 0.0760 e. The maximum atomic E-state index is 11.4. The van der Waals surface area contributed by atoms with E-state index in [1.54, 1.807) is 0 Å². The zero-order valence-electron chi connectivity index (χ0n) is 13.3. The summed E-state index contributed by atoms with van der Waals surface area (Å²) >= 11 is 0. The number of hydrogen-bond acceptors (Lipinski definition) is 2. The zero-order chi connectivity index (χ0) is 14.6. The van der Waals surface area contributed by atoms with Crippen LogP contribution in [0.5, 0.6) is 0 Å². The Morgan fingerprint density at radius 1 is 1.24 bits per heavy atom. The van der Waals surface area contributed by atoms with E-state index in [4.69, 9.17) is 5.10 Å². The lowest BCUT2D eigenvalue weighted by atomic mass is 9.49. The molecule has 0 saturated heterocycles. The number of aromatic nitrogens is 2. The molecule has 21 heavy (non-hydrogen) atoms. The van der Waals surface area contributed by atoms with Gasteiger partial charge in [-0.25, -0.2) is 0 Å². The van der Waals surface area contributed by atoms with E-state index in [-0.39, 0.29) is 0 Å². The van der Waals surface area contributed by atoms with Crippen molar-refractivity contribution in [2.75, 3.05) is 0 Å². The number of rotatable bonds is 4. The van der Waals surface area contributed by atoms with Crippen molar-refractivity contribution in [2.24, 2.45) is 23.7 Å². The third-order valence-corrected chi connectivity index (χ3v) is 6.72. The summed E-state index contributed by atoms with van der Waals surface area (Å²) in [5.41, 5.74) is 0.618. The van der Waals surface area contributed by atoms with Crippen molar-refractivity contribution in [3.63, 3.8) is 0 Å². The molecule has 0 spiro atoms. The summed E-state index contributed by atoms with van der Waals surface area (Å²) in [6.45, 7) is 4.39. The highest BCUT2D eigenvalue weighted by Gasteiger charge is 2.56. The predicted octanol–water partition coefficient (Wildman–Crippen LogP) is 3.58. The normalized spacial score (nSPS) is 42.4. The third kappa shape index (κ3) is 2.16. The minimum absolute atomic E-state index is 0.451. The maximum Gasteiger partial charge on any atom is 0.0760 e. The second kappa shape index (κ2) is 4.84. The molecule has 4 saturated carbocycles. The predicted molar refractivity (Wildman–Crippen MR) is 82.9 cm³/mol. The fourth-order valence-corrected chi connectivity index (χ4v) is 5.48. The minimum Gasteiger partial charge on any atom is -0.389 e. The van der Waals surface area contributed by atoms with E-state index >= 15 is 0 Å². The van der Waals surface area contributed by atoms with E-state index in [1.807, 2.05) is 0 Å². The van der Waals surface area contributed by atoms with Crippen molar-refractivity contribution in [3.8, 4) is 0 Å². The van der Waals surface area contributed by atoms with Gasteiger partial charge in [0.1, 0.15) is 0 Å². The molecule has 3 heteroatoms. The van der Waals surface area contributed by atoms with Crippen molar-refractivity contribution in [3.05, 3.63) is 18.0 Å². The summed E-state index contributed by atoms with van der Waals surface area (Å²) in [6, 6.07) is 2.57. The van der Waals surface area contributed by atoms with Gasteiger partial charge in [0, 0.05) is 18.7 Å². The van der Waals surface area contributed by atoms with Gasteiger partial charge in [-0.1, -0.05) is 6.92 Å². The molecule has 1 heterocycles. The fourth-order valence-electron chi connectivity index (χ4n) is 5.48. The molecule has 0 aromatic carbocycles. The van der Waals surface area contributed by atoms with Crippen molar-refractivity contribution in [2.45, 2.75) is 70.4 Å². The van der Waals surface area contributed by atoms with Crippen molar-refractivity contribution in [1.29, 1.82) is 0 Å². The molecular weight excluding hydrogens is 260 g/mol. The number of nitrogens with zero attached hydrogens (tertiary/aromatic N) is 2. The van der Waals surface area contributed by atoms with Gasteiger partial charge in [-0.3, -0.25) is 4.68 Å². The standard InChI is InChI=1S/C18H28N2O/c1-3-12(2)20-5-4-17(19-20)11-18(21)15-7-13-6-14(9-15)10-16(18)8-13/h4-5,12-16,21H,3,6-11H2,1-2H3. The van der Waals surface area contributed by atoms with Crippen LogP contribution in [0, 0.1) is 23.7 Å². The van der Waals surface area contributed by atoms with E-state index in [0.717, 1.165) is 30.4 Å². The summed E-state index contributed by atoms with van der Waals surface area (Å²) in [5, 5.41) is 16.1. The monoisotopic (exact) mass is 288 g/mol. The Hall–Kier alpha value is -0.830. The van der Waals surface area contributed by atoms with Crippen LogP contribution in [0.2, 0.25) is 0 Å². The second-order valence-electron chi connectivity index (χ2n) is 8.02. The van der Waals surface area contributed by atoms with Gasteiger partial charge in [0.05, 0.1) is 11.3 Å². The molecule has 4 bridgehead atoms. The molecule has 1 unspecified atom stereocenters. The summed E-state index contributed by atoms with van der Waals surface area (Å²) in [6.07, 6.45) is 10.4. The first kappa shape index (κ1) is 13.8. The van der Waals surface area contributed by atoms with Gasteiger partial charge in [-0.15, -0.1) is 0 Å². The zero-order valence-corrected chi connectivity index (χ0v) is 13.3. The van der Waals surface area contributed by atoms with Gasteiger partial charge < -0.3 is 5.11 Å². The molecule has 4 fully saturated rings. The number of aliphatic hydroxyl groups is 1. The van der Waals surface area contributed by atoms with Crippen LogP contribution in [-0.4, -0.2) is 20.5 Å². The molecule has 0 radical (unpaired) electrons. The third-order valence-electron chi connectivity index (χ3n) is 6.72. The first-order valence-electron chi connectivity index (χ1n) is 8.85. The highest BCUT2D eigenvalue weighted by Crippen LogP contribution is 2.58. The Morgan fingerprint density at radius 2 is 1.86 bits per heavy atom. The van der Waals surface area contributed by atoms with Gasteiger partial charge >= 0.3 is 0 Å². The highest BCUT2D eigenvalue weighted by molar-refractivity contribution is 5.13. The van der Waals surface area contributed by atoms with Gasteiger partial charge in [-0.2, -0.15) is 5.10 Å². The maximum absolute atomic E-state index is 11.4. The van der Waals surface area contributed by atoms with E-state index < -0.39 is 5.60 Å². The molecule has 5 rings (SSSR count). The van der Waals surface area contributed by atoms with Gasteiger partial charge in [0.2, 0.25) is 0 Å². The first-order chi connectivity index (χ1) is 10.1. The highest BCUT2D eigenvalue weighted by atomic mass is 16.3. The summed E-state index contributed by atoms with van der Waals surface area (Å²) in [4.78, 5) is 0. The van der Waals surface area contributed by atoms with Crippen LogP contribution in [0.25, 0.3) is 0 Å². The van der Waals surface area contributed by atoms with Crippen molar-refractivity contribution >= 4 is 0 Å². The second-order valence-corrected chi connectivity index (χ2v) is 8.02. The molecule has 1 aromatic rings. The average Bonchev–Trinajstić information content (AvgIpc) is 2.92. The molecule has 0 aliphatic heterocycles. The summed E-state index contributed by atoms with van der Waals surface area (Å²) < 4.78 is 2.06. The largest absolute Gasteiger partial charge is 0.389 e. The Morgan fingerprint density at radius 3 is 2.43 bits per heavy atom. The fraction of sp³-hybridized carbons (Fsp3) is 0.833.